The molecule has 74 valence electrons. The summed E-state index contributed by atoms with van der Waals surface area (Å²) >= 11 is 0. The fourth-order valence-corrected chi connectivity index (χ4v) is 0.580. The molecule has 5 nitrogen and oxygen atoms in total. The summed E-state index contributed by atoms with van der Waals surface area (Å²) in [6.07, 6.45) is 2.48. The highest BCUT2D eigenvalue weighted by Gasteiger charge is 2.00. The second-order valence-corrected chi connectivity index (χ2v) is 2.66. The summed E-state index contributed by atoms with van der Waals surface area (Å²) in [7, 11) is 3.33. The molecule has 0 aromatic rings. The average Bonchev–Trinajstić information content (AvgIpc) is 2.02. The lowest BCUT2D eigenvalue weighted by Gasteiger charge is -2.09. The van der Waals surface area contributed by atoms with Crippen molar-refractivity contribution < 1.29 is 14.7 Å². The van der Waals surface area contributed by atoms with Crippen LogP contribution >= 0.6 is 0 Å². The van der Waals surface area contributed by atoms with Crippen molar-refractivity contribution in [1.82, 2.24) is 10.2 Å². The van der Waals surface area contributed by atoms with Crippen molar-refractivity contribution in [3.63, 3.8) is 0 Å². The largest absolute Gasteiger partial charge is 0.478 e. The number of carboxylic acids is 1. The summed E-state index contributed by atoms with van der Waals surface area (Å²) in [4.78, 5) is 22.4. The molecule has 0 unspecified atom stereocenters. The predicted octanol–water partition coefficient (Wildman–Crippen LogP) is -0.695. The fraction of sp³-hybridized carbons (Fsp3) is 0.500. The van der Waals surface area contributed by atoms with Crippen LogP contribution in [0.1, 0.15) is 0 Å². The summed E-state index contributed by atoms with van der Waals surface area (Å²) in [5, 5.41) is 11.0. The molecule has 5 heteroatoms. The van der Waals surface area contributed by atoms with Gasteiger partial charge in [-0.15, -0.1) is 0 Å². The van der Waals surface area contributed by atoms with Crippen LogP contribution in [0.5, 0.6) is 0 Å². The lowest BCUT2D eigenvalue weighted by Crippen LogP contribution is -2.32. The lowest BCUT2D eigenvalue weighted by molar-refractivity contribution is -0.131. The second kappa shape index (κ2) is 6.19. The summed E-state index contributed by atoms with van der Waals surface area (Å²) in [6, 6.07) is 0. The van der Waals surface area contributed by atoms with Crippen molar-refractivity contribution in [3.05, 3.63) is 12.2 Å². The van der Waals surface area contributed by atoms with Gasteiger partial charge >= 0.3 is 5.97 Å². The first-order chi connectivity index (χ1) is 6.04. The Hall–Kier alpha value is -1.36. The Kier molecular flexibility index (Phi) is 5.54. The zero-order valence-corrected chi connectivity index (χ0v) is 7.78. The van der Waals surface area contributed by atoms with E-state index in [1.54, 1.807) is 14.1 Å². The van der Waals surface area contributed by atoms with Crippen molar-refractivity contribution >= 4 is 11.9 Å². The van der Waals surface area contributed by atoms with Gasteiger partial charge in [0.15, 0.2) is 0 Å². The summed E-state index contributed by atoms with van der Waals surface area (Å²) in [5.41, 5.74) is 0. The number of aliphatic carboxylic acids is 1. The van der Waals surface area contributed by atoms with E-state index in [0.717, 1.165) is 6.08 Å². The molecule has 0 saturated heterocycles. The van der Waals surface area contributed by atoms with Crippen LogP contribution in [0.25, 0.3) is 0 Å². The maximum atomic E-state index is 11.0. The smallest absolute Gasteiger partial charge is 0.328 e. The van der Waals surface area contributed by atoms with Gasteiger partial charge in [-0.3, -0.25) is 4.79 Å². The molecule has 13 heavy (non-hydrogen) atoms. The van der Waals surface area contributed by atoms with Crippen LogP contribution in [-0.2, 0) is 9.59 Å². The summed E-state index contributed by atoms with van der Waals surface area (Å²) in [5.74, 6) is -1.02. The lowest BCUT2D eigenvalue weighted by atomic mass is 10.4. The van der Waals surface area contributed by atoms with Gasteiger partial charge in [0.05, 0.1) is 6.54 Å². The highest BCUT2D eigenvalue weighted by Crippen LogP contribution is 1.76. The monoisotopic (exact) mass is 186 g/mol. The molecule has 0 aliphatic carbocycles. The van der Waals surface area contributed by atoms with E-state index in [2.05, 4.69) is 5.32 Å². The van der Waals surface area contributed by atoms with Gasteiger partial charge in [0, 0.05) is 26.7 Å². The van der Waals surface area contributed by atoms with Gasteiger partial charge in [-0.05, 0) is 0 Å². The molecule has 0 aromatic carbocycles. The molecule has 2 N–H and O–H groups in total. The van der Waals surface area contributed by atoms with Gasteiger partial charge in [0.1, 0.15) is 0 Å². The number of nitrogens with zero attached hydrogens (tertiary/aromatic N) is 1. The number of hydrogen-bond acceptors (Lipinski definition) is 3. The van der Waals surface area contributed by atoms with E-state index in [1.165, 1.54) is 11.0 Å². The Bertz CT molecular complexity index is 211. The number of carboxylic acid groups (broad SMARTS) is 1. The standard InChI is InChI=1S/C8H14N2O3/c1-10(2)7(11)6-9-5-3-4-8(12)13/h3-4,9H,5-6H2,1-2H3,(H,12,13)/b4-3+. The van der Waals surface area contributed by atoms with Gasteiger partial charge in [-0.1, -0.05) is 6.08 Å². The number of rotatable bonds is 5. The molecule has 0 spiro atoms. The van der Waals surface area contributed by atoms with Crippen LogP contribution in [0, 0.1) is 0 Å². The Morgan fingerprint density at radius 2 is 2.08 bits per heavy atom. The number of amides is 1. The van der Waals surface area contributed by atoms with Crippen LogP contribution in [0.15, 0.2) is 12.2 Å². The van der Waals surface area contributed by atoms with Gasteiger partial charge in [0.2, 0.25) is 5.91 Å². The van der Waals surface area contributed by atoms with Crippen LogP contribution < -0.4 is 5.32 Å². The Labute approximate surface area is 77.0 Å². The number of nitrogens with one attached hydrogen (secondary N) is 1. The zero-order chi connectivity index (χ0) is 10.3. The Morgan fingerprint density at radius 1 is 1.46 bits per heavy atom. The summed E-state index contributed by atoms with van der Waals surface area (Å²) in [6.45, 7) is 0.600. The van der Waals surface area contributed by atoms with Gasteiger partial charge in [-0.25, -0.2) is 4.79 Å². The minimum atomic E-state index is -0.985. The van der Waals surface area contributed by atoms with Crippen LogP contribution in [0.3, 0.4) is 0 Å². The molecule has 0 aromatic heterocycles. The maximum absolute atomic E-state index is 11.0. The second-order valence-electron chi connectivity index (χ2n) is 2.66. The predicted molar refractivity (Wildman–Crippen MR) is 48.3 cm³/mol. The van der Waals surface area contributed by atoms with E-state index in [4.69, 9.17) is 5.11 Å². The molecule has 0 radical (unpaired) electrons. The number of hydrogen-bond donors (Lipinski definition) is 2. The van der Waals surface area contributed by atoms with Crippen LogP contribution in [0.4, 0.5) is 0 Å². The minimum Gasteiger partial charge on any atom is -0.478 e. The molecule has 0 saturated carbocycles. The minimum absolute atomic E-state index is 0.0382. The molecule has 0 bridgehead atoms. The zero-order valence-electron chi connectivity index (χ0n) is 7.78. The normalized spacial score (nSPS) is 10.3. The number of carbonyl (C=O) groups is 2. The van der Waals surface area contributed by atoms with Gasteiger partial charge < -0.3 is 15.3 Å². The molecule has 0 aliphatic heterocycles. The quantitative estimate of drug-likeness (QED) is 0.440. The van der Waals surface area contributed by atoms with E-state index in [-0.39, 0.29) is 12.5 Å². The van der Waals surface area contributed by atoms with E-state index >= 15 is 0 Å². The number of carbonyl (C=O) groups excluding carboxylic acids is 1. The Morgan fingerprint density at radius 3 is 2.54 bits per heavy atom. The van der Waals surface area contributed by atoms with Crippen molar-refractivity contribution in [3.8, 4) is 0 Å². The first-order valence-electron chi connectivity index (χ1n) is 3.84. The third-order valence-electron chi connectivity index (χ3n) is 1.30. The number of likely N-dealkylation sites (N-methyl/N-ethyl adjacent to an activating group) is 1. The van der Waals surface area contributed by atoms with Crippen molar-refractivity contribution in [2.45, 2.75) is 0 Å². The summed E-state index contributed by atoms with van der Waals surface area (Å²) < 4.78 is 0. The van der Waals surface area contributed by atoms with Gasteiger partial charge in [-0.2, -0.15) is 0 Å². The van der Waals surface area contributed by atoms with Crippen LogP contribution in [0.2, 0.25) is 0 Å². The molecule has 0 rings (SSSR count). The van der Waals surface area contributed by atoms with E-state index < -0.39 is 5.97 Å². The molecule has 0 heterocycles. The SMILES string of the molecule is CN(C)C(=O)CNC/C=C/C(=O)O. The Balaban J connectivity index is 3.46. The third kappa shape index (κ3) is 7.02. The molecular weight excluding hydrogens is 172 g/mol. The third-order valence-corrected chi connectivity index (χ3v) is 1.30. The molecular formula is C8H14N2O3. The highest BCUT2D eigenvalue weighted by molar-refractivity contribution is 5.79. The topological polar surface area (TPSA) is 69.6 Å². The van der Waals surface area contributed by atoms with E-state index in [1.807, 2.05) is 0 Å². The first kappa shape index (κ1) is 11.6. The average molecular weight is 186 g/mol. The molecule has 0 fully saturated rings. The van der Waals surface area contributed by atoms with E-state index in [0.29, 0.717) is 6.54 Å². The van der Waals surface area contributed by atoms with Crippen LogP contribution in [-0.4, -0.2) is 49.1 Å². The van der Waals surface area contributed by atoms with Gasteiger partial charge in [0.25, 0.3) is 0 Å². The first-order valence-corrected chi connectivity index (χ1v) is 3.84. The molecule has 1 amide bonds. The molecule has 0 aliphatic rings. The fourth-order valence-electron chi connectivity index (χ4n) is 0.580. The van der Waals surface area contributed by atoms with Crippen molar-refractivity contribution in [2.24, 2.45) is 0 Å². The van der Waals surface area contributed by atoms with E-state index in [9.17, 15) is 9.59 Å². The highest BCUT2D eigenvalue weighted by atomic mass is 16.4. The maximum Gasteiger partial charge on any atom is 0.328 e. The molecule has 0 atom stereocenters. The van der Waals surface area contributed by atoms with Crippen molar-refractivity contribution in [1.29, 1.82) is 0 Å². The van der Waals surface area contributed by atoms with Crippen molar-refractivity contribution in [2.75, 3.05) is 27.2 Å².